The van der Waals surface area contributed by atoms with Crippen LogP contribution in [0, 0.1) is 6.92 Å². The van der Waals surface area contributed by atoms with Crippen molar-refractivity contribution in [2.75, 3.05) is 12.8 Å². The molecule has 1 heterocycles. The number of nitrogens with zero attached hydrogens (tertiary/aromatic N) is 1. The highest BCUT2D eigenvalue weighted by Crippen LogP contribution is 2.26. The summed E-state index contributed by atoms with van der Waals surface area (Å²) in [6.07, 6.45) is 0. The highest BCUT2D eigenvalue weighted by atomic mass is 16.5. The van der Waals surface area contributed by atoms with E-state index in [4.69, 9.17) is 10.5 Å². The van der Waals surface area contributed by atoms with E-state index >= 15 is 0 Å². The minimum Gasteiger partial charge on any atom is -0.494 e. The van der Waals surface area contributed by atoms with Crippen molar-refractivity contribution in [1.29, 1.82) is 0 Å². The van der Waals surface area contributed by atoms with Gasteiger partial charge in [0.25, 0.3) is 0 Å². The lowest BCUT2D eigenvalue weighted by Gasteiger charge is -2.07. The number of ether oxygens (including phenoxy) is 1. The van der Waals surface area contributed by atoms with E-state index in [0.717, 1.165) is 16.7 Å². The molecule has 72 valence electrons. The lowest BCUT2D eigenvalue weighted by molar-refractivity contribution is 0.419. The van der Waals surface area contributed by atoms with Gasteiger partial charge in [0.05, 0.1) is 7.11 Å². The van der Waals surface area contributed by atoms with Crippen LogP contribution in [0.15, 0.2) is 24.3 Å². The quantitative estimate of drug-likeness (QED) is 0.745. The maximum Gasteiger partial charge on any atom is 0.145 e. The molecule has 0 amide bonds. The van der Waals surface area contributed by atoms with Crippen LogP contribution in [0.5, 0.6) is 5.75 Å². The third-order valence-electron chi connectivity index (χ3n) is 2.28. The molecule has 14 heavy (non-hydrogen) atoms. The minimum atomic E-state index is 0.515. The molecule has 3 heteroatoms. The third kappa shape index (κ3) is 1.27. The number of rotatable bonds is 1. The first-order chi connectivity index (χ1) is 6.72. The first-order valence-electron chi connectivity index (χ1n) is 4.42. The smallest absolute Gasteiger partial charge is 0.145 e. The number of anilines is 1. The van der Waals surface area contributed by atoms with Crippen molar-refractivity contribution in [2.45, 2.75) is 6.92 Å². The van der Waals surface area contributed by atoms with Gasteiger partial charge in [0.1, 0.15) is 17.1 Å². The molecule has 0 saturated heterocycles. The Morgan fingerprint density at radius 2 is 2.00 bits per heavy atom. The Labute approximate surface area is 82.5 Å². The summed E-state index contributed by atoms with van der Waals surface area (Å²) >= 11 is 0. The second kappa shape index (κ2) is 3.18. The van der Waals surface area contributed by atoms with Crippen molar-refractivity contribution in [2.24, 2.45) is 0 Å². The van der Waals surface area contributed by atoms with E-state index in [1.165, 1.54) is 5.56 Å². The largest absolute Gasteiger partial charge is 0.494 e. The van der Waals surface area contributed by atoms with Gasteiger partial charge in [-0.05, 0) is 30.7 Å². The van der Waals surface area contributed by atoms with Gasteiger partial charge in [0, 0.05) is 5.39 Å². The highest BCUT2D eigenvalue weighted by molar-refractivity contribution is 5.88. The molecule has 2 rings (SSSR count). The van der Waals surface area contributed by atoms with Gasteiger partial charge in [0.15, 0.2) is 0 Å². The fraction of sp³-hybridized carbons (Fsp3) is 0.182. The molecule has 0 bridgehead atoms. The number of nitrogens with two attached hydrogens (primary N) is 1. The molecular weight excluding hydrogens is 176 g/mol. The average Bonchev–Trinajstić information content (AvgIpc) is 2.18. The number of aryl methyl sites for hydroxylation is 1. The summed E-state index contributed by atoms with van der Waals surface area (Å²) in [4.78, 5) is 4.26. The van der Waals surface area contributed by atoms with Crippen molar-refractivity contribution in [1.82, 2.24) is 4.98 Å². The second-order valence-electron chi connectivity index (χ2n) is 3.22. The molecule has 0 spiro atoms. The van der Waals surface area contributed by atoms with E-state index in [0.29, 0.717) is 5.82 Å². The fourth-order valence-electron chi connectivity index (χ4n) is 1.51. The zero-order chi connectivity index (χ0) is 10.1. The van der Waals surface area contributed by atoms with E-state index < -0.39 is 0 Å². The van der Waals surface area contributed by atoms with Crippen molar-refractivity contribution in [3.63, 3.8) is 0 Å². The van der Waals surface area contributed by atoms with Crippen molar-refractivity contribution in [3.8, 4) is 5.75 Å². The lowest BCUT2D eigenvalue weighted by Crippen LogP contribution is -1.93. The predicted octanol–water partition coefficient (Wildman–Crippen LogP) is 2.13. The number of methoxy groups -OCH3 is 1. The van der Waals surface area contributed by atoms with Crippen LogP contribution < -0.4 is 10.5 Å². The minimum absolute atomic E-state index is 0.515. The molecule has 0 aliphatic carbocycles. The Morgan fingerprint density at radius 1 is 1.21 bits per heavy atom. The van der Waals surface area contributed by atoms with Gasteiger partial charge < -0.3 is 10.5 Å². The molecule has 0 radical (unpaired) electrons. The van der Waals surface area contributed by atoms with Gasteiger partial charge in [0.2, 0.25) is 0 Å². The summed E-state index contributed by atoms with van der Waals surface area (Å²) in [5, 5.41) is 1.08. The molecule has 0 fully saturated rings. The lowest BCUT2D eigenvalue weighted by atomic mass is 10.1. The Balaban J connectivity index is 2.85. The molecule has 2 N–H and O–H groups in total. The van der Waals surface area contributed by atoms with E-state index in [9.17, 15) is 0 Å². The van der Waals surface area contributed by atoms with Gasteiger partial charge in [-0.15, -0.1) is 0 Å². The third-order valence-corrected chi connectivity index (χ3v) is 2.28. The monoisotopic (exact) mass is 188 g/mol. The molecule has 0 aliphatic rings. The fourth-order valence-corrected chi connectivity index (χ4v) is 1.51. The summed E-state index contributed by atoms with van der Waals surface area (Å²) in [5.41, 5.74) is 7.63. The molecule has 1 aromatic carbocycles. The SMILES string of the molecule is COc1ccc(C)c2ccc(N)nc12. The molecule has 1 aromatic heterocycles. The maximum absolute atomic E-state index is 5.63. The molecule has 0 saturated carbocycles. The van der Waals surface area contributed by atoms with Gasteiger partial charge in [-0.1, -0.05) is 6.07 Å². The Hall–Kier alpha value is -1.77. The van der Waals surface area contributed by atoms with Crippen LogP contribution in [-0.4, -0.2) is 12.1 Å². The maximum atomic E-state index is 5.63. The average molecular weight is 188 g/mol. The van der Waals surface area contributed by atoms with Crippen LogP contribution in [0.3, 0.4) is 0 Å². The zero-order valence-corrected chi connectivity index (χ0v) is 8.24. The molecule has 2 aromatic rings. The zero-order valence-electron chi connectivity index (χ0n) is 8.24. The van der Waals surface area contributed by atoms with E-state index in [1.54, 1.807) is 13.2 Å². The van der Waals surface area contributed by atoms with Gasteiger partial charge in [-0.3, -0.25) is 0 Å². The standard InChI is InChI=1S/C11H12N2O/c1-7-3-5-9(14-2)11-8(7)4-6-10(12)13-11/h3-6H,1-2H3,(H2,12,13). The Bertz CT molecular complexity index is 480. The van der Waals surface area contributed by atoms with Gasteiger partial charge >= 0.3 is 0 Å². The molecule has 0 aliphatic heterocycles. The second-order valence-corrected chi connectivity index (χ2v) is 3.22. The number of hydrogen-bond donors (Lipinski definition) is 1. The van der Waals surface area contributed by atoms with Gasteiger partial charge in [-0.25, -0.2) is 4.98 Å². The van der Waals surface area contributed by atoms with Crippen molar-refractivity contribution in [3.05, 3.63) is 29.8 Å². The summed E-state index contributed by atoms with van der Waals surface area (Å²) < 4.78 is 5.22. The predicted molar refractivity (Wildman–Crippen MR) is 57.4 cm³/mol. The molecule has 3 nitrogen and oxygen atoms in total. The summed E-state index contributed by atoms with van der Waals surface area (Å²) in [6.45, 7) is 2.04. The van der Waals surface area contributed by atoms with Crippen molar-refractivity contribution >= 4 is 16.7 Å². The van der Waals surface area contributed by atoms with Crippen LogP contribution in [0.4, 0.5) is 5.82 Å². The molecular formula is C11H12N2O. The summed E-state index contributed by atoms with van der Waals surface area (Å²) in [5.74, 6) is 1.28. The van der Waals surface area contributed by atoms with Crippen LogP contribution in [-0.2, 0) is 0 Å². The first-order valence-corrected chi connectivity index (χ1v) is 4.42. The molecule has 0 atom stereocenters. The Kier molecular flexibility index (Phi) is 2.00. The molecule has 0 unspecified atom stereocenters. The van der Waals surface area contributed by atoms with Crippen LogP contribution >= 0.6 is 0 Å². The number of nitrogen functional groups attached to an aromatic ring is 1. The number of fused-ring (bicyclic) bond motifs is 1. The number of benzene rings is 1. The number of pyridine rings is 1. The van der Waals surface area contributed by atoms with Crippen molar-refractivity contribution < 1.29 is 4.74 Å². The highest BCUT2D eigenvalue weighted by Gasteiger charge is 2.05. The number of hydrogen-bond acceptors (Lipinski definition) is 3. The van der Waals surface area contributed by atoms with E-state index in [-0.39, 0.29) is 0 Å². The first kappa shape index (κ1) is 8.81. The van der Waals surface area contributed by atoms with Crippen LogP contribution in [0.2, 0.25) is 0 Å². The van der Waals surface area contributed by atoms with E-state index in [2.05, 4.69) is 4.98 Å². The van der Waals surface area contributed by atoms with Crippen LogP contribution in [0.1, 0.15) is 5.56 Å². The Morgan fingerprint density at radius 3 is 2.71 bits per heavy atom. The van der Waals surface area contributed by atoms with E-state index in [1.807, 2.05) is 25.1 Å². The van der Waals surface area contributed by atoms with Crippen LogP contribution in [0.25, 0.3) is 10.9 Å². The van der Waals surface area contributed by atoms with Gasteiger partial charge in [-0.2, -0.15) is 0 Å². The topological polar surface area (TPSA) is 48.1 Å². The normalized spacial score (nSPS) is 10.4. The summed E-state index contributed by atoms with van der Waals surface area (Å²) in [7, 11) is 1.63. The number of aromatic nitrogens is 1. The summed E-state index contributed by atoms with van der Waals surface area (Å²) in [6, 6.07) is 7.69.